The van der Waals surface area contributed by atoms with Crippen molar-refractivity contribution in [1.82, 2.24) is 0 Å². The van der Waals surface area contributed by atoms with Crippen molar-refractivity contribution in [1.29, 1.82) is 0 Å². The normalized spacial score (nSPS) is 28.7. The predicted octanol–water partition coefficient (Wildman–Crippen LogP) is 2.59. The molecule has 2 aliphatic carbocycles. The van der Waals surface area contributed by atoms with Crippen LogP contribution in [0.5, 0.6) is 0 Å². The molecule has 3 nitrogen and oxygen atoms in total. The molecular weight excluding hydrogens is 296 g/mol. The molecule has 0 heterocycles. The summed E-state index contributed by atoms with van der Waals surface area (Å²) in [5.41, 5.74) is 2.61. The van der Waals surface area contributed by atoms with Crippen molar-refractivity contribution in [3.8, 4) is 0 Å². The van der Waals surface area contributed by atoms with Gasteiger partial charge in [-0.15, -0.1) is 0 Å². The number of esters is 1. The number of methoxy groups -OCH3 is 1. The number of ketones is 1. The molecule has 0 saturated heterocycles. The van der Waals surface area contributed by atoms with Crippen molar-refractivity contribution in [3.05, 3.63) is 41.5 Å². The van der Waals surface area contributed by atoms with E-state index in [0.29, 0.717) is 6.42 Å². The standard InChI is InChI=1S/C14H11BrO3/c1-18-13(17)14(15)7-11(14)10-6-12(16)9-5-3-2-4-8(9)10/h2-6,11H,7H2,1H3/t11-,14-/m0/s1. The SMILES string of the molecule is COC(=O)[C@]1(Br)C[C@H]1C1=CC(=O)c2ccccc21. The maximum atomic E-state index is 11.9. The van der Waals surface area contributed by atoms with Crippen LogP contribution in [0.4, 0.5) is 0 Å². The van der Waals surface area contributed by atoms with E-state index in [-0.39, 0.29) is 17.7 Å². The Kier molecular flexibility index (Phi) is 2.45. The summed E-state index contributed by atoms with van der Waals surface area (Å²) < 4.78 is 4.14. The highest BCUT2D eigenvalue weighted by Gasteiger charge is 2.61. The van der Waals surface area contributed by atoms with Gasteiger partial charge in [-0.1, -0.05) is 40.2 Å². The van der Waals surface area contributed by atoms with Gasteiger partial charge in [-0.3, -0.25) is 9.59 Å². The first-order valence-corrected chi connectivity index (χ1v) is 6.50. The number of alkyl halides is 1. The number of ether oxygens (including phenoxy) is 1. The first-order valence-electron chi connectivity index (χ1n) is 5.70. The number of hydrogen-bond donors (Lipinski definition) is 0. The van der Waals surface area contributed by atoms with E-state index in [2.05, 4.69) is 15.9 Å². The van der Waals surface area contributed by atoms with Gasteiger partial charge in [0, 0.05) is 11.5 Å². The second-order valence-electron chi connectivity index (χ2n) is 4.62. The molecule has 0 unspecified atom stereocenters. The lowest BCUT2D eigenvalue weighted by Gasteiger charge is -2.08. The molecule has 0 aliphatic heterocycles. The van der Waals surface area contributed by atoms with Crippen molar-refractivity contribution in [2.75, 3.05) is 7.11 Å². The highest BCUT2D eigenvalue weighted by molar-refractivity contribution is 9.10. The molecular formula is C14H11BrO3. The molecule has 0 bridgehead atoms. The van der Waals surface area contributed by atoms with Crippen molar-refractivity contribution >= 4 is 33.3 Å². The van der Waals surface area contributed by atoms with Crippen molar-refractivity contribution < 1.29 is 14.3 Å². The van der Waals surface area contributed by atoms with Crippen LogP contribution in [0.25, 0.3) is 5.57 Å². The zero-order valence-corrected chi connectivity index (χ0v) is 11.4. The monoisotopic (exact) mass is 306 g/mol. The summed E-state index contributed by atoms with van der Waals surface area (Å²) in [6.45, 7) is 0. The molecule has 4 heteroatoms. The molecule has 0 spiro atoms. The minimum atomic E-state index is -0.648. The molecule has 2 atom stereocenters. The van der Waals surface area contributed by atoms with E-state index >= 15 is 0 Å². The number of fused-ring (bicyclic) bond motifs is 1. The zero-order valence-electron chi connectivity index (χ0n) is 9.77. The van der Waals surface area contributed by atoms with Crippen LogP contribution in [0.2, 0.25) is 0 Å². The predicted molar refractivity (Wildman–Crippen MR) is 70.5 cm³/mol. The largest absolute Gasteiger partial charge is 0.468 e. The Morgan fingerprint density at radius 1 is 1.39 bits per heavy atom. The van der Waals surface area contributed by atoms with E-state index in [0.717, 1.165) is 16.7 Å². The molecule has 0 N–H and O–H groups in total. The molecule has 1 fully saturated rings. The Morgan fingerprint density at radius 2 is 2.06 bits per heavy atom. The maximum Gasteiger partial charge on any atom is 0.323 e. The van der Waals surface area contributed by atoms with Crippen LogP contribution in [-0.2, 0) is 9.53 Å². The third-order valence-electron chi connectivity index (χ3n) is 3.58. The lowest BCUT2D eigenvalue weighted by Crippen LogP contribution is -2.19. The van der Waals surface area contributed by atoms with Gasteiger partial charge < -0.3 is 4.74 Å². The average molecular weight is 307 g/mol. The summed E-state index contributed by atoms with van der Waals surface area (Å²) in [5, 5.41) is 0. The number of benzene rings is 1. The molecule has 92 valence electrons. The Balaban J connectivity index is 1.96. The zero-order chi connectivity index (χ0) is 12.9. The molecule has 1 saturated carbocycles. The quantitative estimate of drug-likeness (QED) is 0.623. The van der Waals surface area contributed by atoms with Crippen LogP contribution < -0.4 is 0 Å². The summed E-state index contributed by atoms with van der Waals surface area (Å²) in [6, 6.07) is 7.50. The van der Waals surface area contributed by atoms with E-state index in [1.807, 2.05) is 24.3 Å². The fourth-order valence-corrected chi connectivity index (χ4v) is 3.26. The fourth-order valence-electron chi connectivity index (χ4n) is 2.52. The molecule has 1 aromatic carbocycles. The number of carbonyl (C=O) groups is 2. The number of halogens is 1. The van der Waals surface area contributed by atoms with Crippen molar-refractivity contribution in [3.63, 3.8) is 0 Å². The second-order valence-corrected chi connectivity index (χ2v) is 6.04. The van der Waals surface area contributed by atoms with Gasteiger partial charge in [0.1, 0.15) is 4.32 Å². The van der Waals surface area contributed by atoms with Gasteiger partial charge >= 0.3 is 5.97 Å². The van der Waals surface area contributed by atoms with Gasteiger partial charge in [-0.05, 0) is 23.6 Å². The number of hydrogen-bond acceptors (Lipinski definition) is 3. The molecule has 18 heavy (non-hydrogen) atoms. The summed E-state index contributed by atoms with van der Waals surface area (Å²) in [7, 11) is 1.38. The molecule has 0 aromatic heterocycles. The third-order valence-corrected chi connectivity index (χ3v) is 4.78. The molecule has 1 aromatic rings. The summed E-state index contributed by atoms with van der Waals surface area (Å²) in [4.78, 5) is 23.5. The third kappa shape index (κ3) is 1.48. The highest BCUT2D eigenvalue weighted by Crippen LogP contribution is 2.59. The maximum absolute atomic E-state index is 11.9. The Morgan fingerprint density at radius 3 is 2.72 bits per heavy atom. The average Bonchev–Trinajstić information content (AvgIpc) is 2.97. The van der Waals surface area contributed by atoms with E-state index in [9.17, 15) is 9.59 Å². The van der Waals surface area contributed by atoms with Crippen LogP contribution in [0.3, 0.4) is 0 Å². The van der Waals surface area contributed by atoms with Crippen molar-refractivity contribution in [2.45, 2.75) is 10.7 Å². The van der Waals surface area contributed by atoms with Gasteiger partial charge in [0.2, 0.25) is 0 Å². The Hall–Kier alpha value is -1.42. The summed E-state index contributed by atoms with van der Waals surface area (Å²) in [6.07, 6.45) is 2.31. The van der Waals surface area contributed by atoms with Crippen LogP contribution in [-0.4, -0.2) is 23.2 Å². The molecule has 0 radical (unpaired) electrons. The summed E-state index contributed by atoms with van der Waals surface area (Å²) >= 11 is 3.44. The fraction of sp³-hybridized carbons (Fsp3) is 0.286. The van der Waals surface area contributed by atoms with Gasteiger partial charge in [0.15, 0.2) is 5.78 Å². The molecule has 2 aliphatic rings. The van der Waals surface area contributed by atoms with E-state index in [1.165, 1.54) is 7.11 Å². The number of carbonyl (C=O) groups excluding carboxylic acids is 2. The smallest absolute Gasteiger partial charge is 0.323 e. The van der Waals surface area contributed by atoms with Gasteiger partial charge in [-0.25, -0.2) is 0 Å². The van der Waals surface area contributed by atoms with E-state index in [4.69, 9.17) is 4.74 Å². The first kappa shape index (κ1) is 11.7. The van der Waals surface area contributed by atoms with Gasteiger partial charge in [0.05, 0.1) is 7.11 Å². The Labute approximate surface area is 113 Å². The van der Waals surface area contributed by atoms with Crippen LogP contribution in [0.1, 0.15) is 22.3 Å². The minimum absolute atomic E-state index is 0.0206. The minimum Gasteiger partial charge on any atom is -0.468 e. The highest BCUT2D eigenvalue weighted by atomic mass is 79.9. The first-order chi connectivity index (χ1) is 8.58. The number of rotatable bonds is 2. The van der Waals surface area contributed by atoms with Gasteiger partial charge in [0.25, 0.3) is 0 Å². The van der Waals surface area contributed by atoms with Crippen LogP contribution in [0, 0.1) is 5.92 Å². The topological polar surface area (TPSA) is 43.4 Å². The van der Waals surface area contributed by atoms with Crippen LogP contribution >= 0.6 is 15.9 Å². The van der Waals surface area contributed by atoms with E-state index < -0.39 is 4.32 Å². The van der Waals surface area contributed by atoms with Crippen LogP contribution in [0.15, 0.2) is 30.3 Å². The Bertz CT molecular complexity index is 590. The van der Waals surface area contributed by atoms with Gasteiger partial charge in [-0.2, -0.15) is 0 Å². The second kappa shape index (κ2) is 3.79. The van der Waals surface area contributed by atoms with Crippen molar-refractivity contribution in [2.24, 2.45) is 5.92 Å². The lowest BCUT2D eigenvalue weighted by molar-refractivity contribution is -0.140. The molecule has 3 rings (SSSR count). The lowest BCUT2D eigenvalue weighted by atomic mass is 10.0. The summed E-state index contributed by atoms with van der Waals surface area (Å²) in [5.74, 6) is -0.227. The van der Waals surface area contributed by atoms with E-state index in [1.54, 1.807) is 6.08 Å². The number of allylic oxidation sites excluding steroid dienone is 2. The molecule has 0 amide bonds.